The van der Waals surface area contributed by atoms with E-state index in [0.717, 1.165) is 17.8 Å². The molecule has 174 valence electrons. The van der Waals surface area contributed by atoms with Gasteiger partial charge in [-0.05, 0) is 37.6 Å². The molecular formula is C22H17Cl2F3N2O3S. The van der Waals surface area contributed by atoms with Crippen molar-refractivity contribution >= 4 is 47.2 Å². The average Bonchev–Trinajstić information content (AvgIpc) is 2.74. The SMILES string of the molecule is CCOC(=O)C1=C(C)NC(Sc2ncc(C(F)(F)F)cc2Cl)=C(C=O)[C@H]1c1ccc(Cl)cc1. The van der Waals surface area contributed by atoms with Crippen molar-refractivity contribution in [3.63, 3.8) is 0 Å². The van der Waals surface area contributed by atoms with E-state index in [2.05, 4.69) is 10.3 Å². The van der Waals surface area contributed by atoms with E-state index in [1.807, 2.05) is 0 Å². The molecule has 33 heavy (non-hydrogen) atoms. The zero-order valence-electron chi connectivity index (χ0n) is 17.3. The van der Waals surface area contributed by atoms with Crippen LogP contribution in [-0.2, 0) is 20.5 Å². The molecule has 1 aliphatic heterocycles. The molecule has 1 aromatic heterocycles. The zero-order chi connectivity index (χ0) is 24.3. The summed E-state index contributed by atoms with van der Waals surface area (Å²) in [4.78, 5) is 28.8. The Kier molecular flexibility index (Phi) is 7.76. The first-order valence-corrected chi connectivity index (χ1v) is 11.1. The number of rotatable bonds is 6. The molecule has 1 aromatic carbocycles. The molecule has 0 spiro atoms. The standard InChI is InChI=1S/C22H17Cl2F3N2O3S/c1-3-32-21(31)17-11(2)29-19(15(10-30)18(17)12-4-6-14(23)7-5-12)33-20-16(24)8-13(9-28-20)22(25,26)27/h4-10,18,29H,3H2,1-2H3/t18-/m1/s1. The summed E-state index contributed by atoms with van der Waals surface area (Å²) in [5.41, 5.74) is 0.447. The van der Waals surface area contributed by atoms with E-state index in [1.165, 1.54) is 0 Å². The van der Waals surface area contributed by atoms with Crippen molar-refractivity contribution in [1.82, 2.24) is 10.3 Å². The van der Waals surface area contributed by atoms with Crippen LogP contribution in [0.1, 0.15) is 30.9 Å². The number of aldehydes is 1. The molecule has 0 fully saturated rings. The van der Waals surface area contributed by atoms with Crippen LogP contribution in [0.2, 0.25) is 10.0 Å². The molecule has 0 saturated carbocycles. The van der Waals surface area contributed by atoms with Crippen LogP contribution in [-0.4, -0.2) is 23.8 Å². The van der Waals surface area contributed by atoms with Gasteiger partial charge in [0, 0.05) is 28.4 Å². The third kappa shape index (κ3) is 5.54. The number of benzene rings is 1. The van der Waals surface area contributed by atoms with Crippen LogP contribution in [0, 0.1) is 0 Å². The van der Waals surface area contributed by atoms with Crippen LogP contribution >= 0.6 is 35.0 Å². The lowest BCUT2D eigenvalue weighted by atomic mass is 9.82. The zero-order valence-corrected chi connectivity index (χ0v) is 19.6. The lowest BCUT2D eigenvalue weighted by Crippen LogP contribution is -2.29. The van der Waals surface area contributed by atoms with E-state index in [-0.39, 0.29) is 32.8 Å². The Hall–Kier alpha value is -2.49. The maximum absolute atomic E-state index is 12.9. The smallest absolute Gasteiger partial charge is 0.417 e. The molecule has 1 atom stereocenters. The Morgan fingerprint density at radius 2 is 1.94 bits per heavy atom. The Balaban J connectivity index is 2.09. The van der Waals surface area contributed by atoms with E-state index in [9.17, 15) is 22.8 Å². The predicted molar refractivity (Wildman–Crippen MR) is 120 cm³/mol. The number of hydrogen-bond acceptors (Lipinski definition) is 6. The number of dihydropyridines is 1. The number of hydrogen-bond donors (Lipinski definition) is 1. The van der Waals surface area contributed by atoms with Gasteiger partial charge in [-0.25, -0.2) is 9.78 Å². The Bertz CT molecular complexity index is 1150. The van der Waals surface area contributed by atoms with Crippen LogP contribution in [0.25, 0.3) is 0 Å². The average molecular weight is 517 g/mol. The molecule has 0 unspecified atom stereocenters. The van der Waals surface area contributed by atoms with Crippen molar-refractivity contribution in [2.24, 2.45) is 0 Å². The van der Waals surface area contributed by atoms with E-state index in [4.69, 9.17) is 27.9 Å². The third-order valence-electron chi connectivity index (χ3n) is 4.73. The second kappa shape index (κ2) is 10.2. The lowest BCUT2D eigenvalue weighted by molar-refractivity contribution is -0.139. The largest absolute Gasteiger partial charge is 0.463 e. The van der Waals surface area contributed by atoms with E-state index in [0.29, 0.717) is 28.8 Å². The number of ether oxygens (including phenoxy) is 1. The molecule has 1 aliphatic rings. The number of allylic oxidation sites excluding steroid dienone is 2. The topological polar surface area (TPSA) is 68.3 Å². The van der Waals surface area contributed by atoms with E-state index >= 15 is 0 Å². The molecule has 0 bridgehead atoms. The second-order valence-corrected chi connectivity index (χ2v) is 8.72. The maximum atomic E-state index is 12.9. The van der Waals surface area contributed by atoms with Gasteiger partial charge in [0.25, 0.3) is 0 Å². The highest BCUT2D eigenvalue weighted by Gasteiger charge is 2.36. The predicted octanol–water partition coefficient (Wildman–Crippen LogP) is 6.13. The second-order valence-electron chi connectivity index (χ2n) is 6.88. The molecular weight excluding hydrogens is 500 g/mol. The van der Waals surface area contributed by atoms with E-state index in [1.54, 1.807) is 38.1 Å². The highest BCUT2D eigenvalue weighted by Crippen LogP contribution is 2.43. The summed E-state index contributed by atoms with van der Waals surface area (Å²) in [6, 6.07) is 7.38. The minimum absolute atomic E-state index is 0.0637. The van der Waals surface area contributed by atoms with Crippen molar-refractivity contribution < 1.29 is 27.5 Å². The van der Waals surface area contributed by atoms with Gasteiger partial charge >= 0.3 is 12.1 Å². The number of esters is 1. The number of nitrogens with zero attached hydrogens (tertiary/aromatic N) is 1. The highest BCUT2D eigenvalue weighted by molar-refractivity contribution is 8.03. The number of alkyl halides is 3. The quantitative estimate of drug-likeness (QED) is 0.367. The van der Waals surface area contributed by atoms with Crippen LogP contribution < -0.4 is 5.32 Å². The molecule has 0 saturated heterocycles. The minimum atomic E-state index is -4.59. The number of pyridine rings is 1. The van der Waals surface area contributed by atoms with Gasteiger partial charge in [0.15, 0.2) is 0 Å². The summed E-state index contributed by atoms with van der Waals surface area (Å²) < 4.78 is 44.0. The monoisotopic (exact) mass is 516 g/mol. The molecule has 0 aliphatic carbocycles. The van der Waals surface area contributed by atoms with Crippen molar-refractivity contribution in [2.45, 2.75) is 31.0 Å². The van der Waals surface area contributed by atoms with Gasteiger partial charge in [-0.1, -0.05) is 47.1 Å². The summed E-state index contributed by atoms with van der Waals surface area (Å²) in [5, 5.41) is 3.57. The summed E-state index contributed by atoms with van der Waals surface area (Å²) in [5.74, 6) is -1.40. The summed E-state index contributed by atoms with van der Waals surface area (Å²) in [6.45, 7) is 3.44. The van der Waals surface area contributed by atoms with Crippen molar-refractivity contribution in [1.29, 1.82) is 0 Å². The fourth-order valence-corrected chi connectivity index (χ4v) is 4.60. The van der Waals surface area contributed by atoms with E-state index < -0.39 is 23.6 Å². The van der Waals surface area contributed by atoms with Crippen LogP contribution in [0.4, 0.5) is 13.2 Å². The number of carbonyl (C=O) groups excluding carboxylic acids is 2. The number of aromatic nitrogens is 1. The lowest BCUT2D eigenvalue weighted by Gasteiger charge is -2.30. The first-order chi connectivity index (χ1) is 15.6. The van der Waals surface area contributed by atoms with Crippen molar-refractivity contribution in [3.05, 3.63) is 79.6 Å². The number of carbonyl (C=O) groups is 2. The normalized spacial score (nSPS) is 16.5. The molecule has 0 amide bonds. The molecule has 11 heteroatoms. The van der Waals surface area contributed by atoms with Gasteiger partial charge in [0.2, 0.25) is 0 Å². The molecule has 2 aromatic rings. The molecule has 2 heterocycles. The fourth-order valence-electron chi connectivity index (χ4n) is 3.25. The Morgan fingerprint density at radius 1 is 1.27 bits per heavy atom. The van der Waals surface area contributed by atoms with Gasteiger partial charge in [-0.15, -0.1) is 0 Å². The highest BCUT2D eigenvalue weighted by atomic mass is 35.5. The molecule has 5 nitrogen and oxygen atoms in total. The molecule has 1 N–H and O–H groups in total. The first-order valence-electron chi connectivity index (χ1n) is 9.57. The van der Waals surface area contributed by atoms with Crippen molar-refractivity contribution in [2.75, 3.05) is 6.61 Å². The van der Waals surface area contributed by atoms with Gasteiger partial charge < -0.3 is 10.1 Å². The minimum Gasteiger partial charge on any atom is -0.463 e. The molecule has 3 rings (SSSR count). The van der Waals surface area contributed by atoms with Gasteiger partial charge in [0.05, 0.1) is 27.8 Å². The fraction of sp³-hybridized carbons (Fsp3) is 0.227. The van der Waals surface area contributed by atoms with Crippen LogP contribution in [0.15, 0.2) is 63.4 Å². The van der Waals surface area contributed by atoms with Gasteiger partial charge in [-0.2, -0.15) is 13.2 Å². The Morgan fingerprint density at radius 3 is 2.48 bits per heavy atom. The van der Waals surface area contributed by atoms with Crippen LogP contribution in [0.5, 0.6) is 0 Å². The summed E-state index contributed by atoms with van der Waals surface area (Å²) in [6.07, 6.45) is -3.34. The summed E-state index contributed by atoms with van der Waals surface area (Å²) in [7, 11) is 0. The number of thioether (sulfide) groups is 1. The maximum Gasteiger partial charge on any atom is 0.417 e. The molecule has 0 radical (unpaired) electrons. The van der Waals surface area contributed by atoms with Crippen LogP contribution in [0.3, 0.4) is 0 Å². The Labute approximate surface area is 202 Å². The summed E-state index contributed by atoms with van der Waals surface area (Å²) >= 11 is 12.9. The van der Waals surface area contributed by atoms with Crippen molar-refractivity contribution in [3.8, 4) is 0 Å². The third-order valence-corrected chi connectivity index (χ3v) is 6.44. The first kappa shape index (κ1) is 25.1. The van der Waals surface area contributed by atoms with Gasteiger partial charge in [-0.3, -0.25) is 4.79 Å². The number of halogens is 5. The number of nitrogens with one attached hydrogen (secondary N) is 1. The van der Waals surface area contributed by atoms with Gasteiger partial charge in [0.1, 0.15) is 11.3 Å².